The van der Waals surface area contributed by atoms with Gasteiger partial charge in [0.25, 0.3) is 0 Å². The van der Waals surface area contributed by atoms with Crippen LogP contribution in [0.2, 0.25) is 0 Å². The van der Waals surface area contributed by atoms with Crippen molar-refractivity contribution in [3.8, 4) is 0 Å². The number of rotatable bonds is 0. The van der Waals surface area contributed by atoms with E-state index in [9.17, 15) is 0 Å². The molecule has 0 aromatic heterocycles. The van der Waals surface area contributed by atoms with Gasteiger partial charge in [-0.1, -0.05) is 48.6 Å². The number of hydrogen-bond donors (Lipinski definition) is 0. The molecular formula is C11H12MoO. The zero-order valence-corrected chi connectivity index (χ0v) is 9.36. The molecule has 2 rings (SSSR count). The van der Waals surface area contributed by atoms with E-state index in [4.69, 9.17) is 4.65 Å². The second-order valence-corrected chi connectivity index (χ2v) is 2.18. The molecule has 0 aromatic carbocycles. The van der Waals surface area contributed by atoms with Gasteiger partial charge in [0.1, 0.15) is 0 Å². The van der Waals surface area contributed by atoms with Crippen molar-refractivity contribution >= 4 is 0 Å². The van der Waals surface area contributed by atoms with Gasteiger partial charge < -0.3 is 0 Å². The van der Waals surface area contributed by atoms with Gasteiger partial charge in [0.15, 0.2) is 0 Å². The first kappa shape index (κ1) is 14.9. The summed E-state index contributed by atoms with van der Waals surface area (Å²) in [5.41, 5.74) is 0. The molecule has 68 valence electrons. The van der Waals surface area contributed by atoms with Crippen LogP contribution in [-0.2, 0) is 25.7 Å². The van der Waals surface area contributed by atoms with Gasteiger partial charge in [-0.25, -0.2) is 0 Å². The first-order valence-corrected chi connectivity index (χ1v) is 3.84. The molecule has 0 fully saturated rings. The van der Waals surface area contributed by atoms with Crippen molar-refractivity contribution in [1.82, 2.24) is 0 Å². The maximum absolute atomic E-state index is 7.50. The largest absolute Gasteiger partial charge is 0 e. The third kappa shape index (κ3) is 11.4. The molecular weight excluding hydrogens is 244 g/mol. The fraction of sp³-hybridized carbons (Fsp3) is 0.182. The molecule has 0 spiro atoms. The van der Waals surface area contributed by atoms with Crippen LogP contribution in [0.4, 0.5) is 0 Å². The van der Waals surface area contributed by atoms with Gasteiger partial charge in [-0.2, -0.15) is 0 Å². The summed E-state index contributed by atoms with van der Waals surface area (Å²) in [6.07, 6.45) is 19.0. The Morgan fingerprint density at radius 1 is 0.692 bits per heavy atom. The van der Waals surface area contributed by atoms with Gasteiger partial charge in [0.2, 0.25) is 0 Å². The third-order valence-corrected chi connectivity index (χ3v) is 1.31. The Bertz CT molecular complexity index is 179. The van der Waals surface area contributed by atoms with E-state index in [-0.39, 0.29) is 21.1 Å². The predicted octanol–water partition coefficient (Wildman–Crippen LogP) is 2.96. The Labute approximate surface area is 93.9 Å². The molecule has 0 bridgehead atoms. The van der Waals surface area contributed by atoms with E-state index in [2.05, 4.69) is 55.3 Å². The molecule has 0 saturated heterocycles. The van der Waals surface area contributed by atoms with Crippen molar-refractivity contribution in [2.24, 2.45) is 0 Å². The summed E-state index contributed by atoms with van der Waals surface area (Å²) in [7, 11) is 0. The second-order valence-electron chi connectivity index (χ2n) is 2.18. The molecule has 0 saturated carbocycles. The average molecular weight is 256 g/mol. The monoisotopic (exact) mass is 258 g/mol. The van der Waals surface area contributed by atoms with Crippen LogP contribution in [0.3, 0.4) is 0 Å². The van der Waals surface area contributed by atoms with Crippen LogP contribution in [0.1, 0.15) is 12.8 Å². The maximum atomic E-state index is 7.50. The molecule has 0 atom stereocenters. The summed E-state index contributed by atoms with van der Waals surface area (Å²) < 4.78 is 7.50. The smallest absolute Gasteiger partial charge is 0 e. The van der Waals surface area contributed by atoms with E-state index in [1.165, 1.54) is 0 Å². The SMILES string of the molecule is C1=CCC=C1.C1=CCC=C1.[C-]#[O+].[Mo]. The summed E-state index contributed by atoms with van der Waals surface area (Å²) in [5, 5.41) is 0. The fourth-order valence-corrected chi connectivity index (χ4v) is 0.786. The molecule has 0 amide bonds. The van der Waals surface area contributed by atoms with E-state index in [0.29, 0.717) is 0 Å². The van der Waals surface area contributed by atoms with Gasteiger partial charge >= 0.3 is 11.3 Å². The topological polar surface area (TPSA) is 19.9 Å². The van der Waals surface area contributed by atoms with Crippen molar-refractivity contribution in [2.75, 3.05) is 0 Å². The Balaban J connectivity index is 0. The van der Waals surface area contributed by atoms with Crippen molar-refractivity contribution in [2.45, 2.75) is 12.8 Å². The molecule has 0 aliphatic heterocycles. The molecule has 0 heterocycles. The second kappa shape index (κ2) is 13.9. The zero-order chi connectivity index (χ0) is 9.07. The third-order valence-electron chi connectivity index (χ3n) is 1.31. The fourth-order valence-electron chi connectivity index (χ4n) is 0.786. The summed E-state index contributed by atoms with van der Waals surface area (Å²) in [5.74, 6) is 0. The zero-order valence-electron chi connectivity index (χ0n) is 7.35. The Kier molecular flexibility index (Phi) is 16.0. The van der Waals surface area contributed by atoms with E-state index in [1.54, 1.807) is 0 Å². The molecule has 2 heteroatoms. The van der Waals surface area contributed by atoms with Crippen LogP contribution in [-0.4, -0.2) is 0 Å². The summed E-state index contributed by atoms with van der Waals surface area (Å²) in [6.45, 7) is 4.50. The summed E-state index contributed by atoms with van der Waals surface area (Å²) in [6, 6.07) is 0. The van der Waals surface area contributed by atoms with Crippen LogP contribution in [0, 0.1) is 6.65 Å². The van der Waals surface area contributed by atoms with E-state index in [0.717, 1.165) is 12.8 Å². The van der Waals surface area contributed by atoms with Crippen LogP contribution < -0.4 is 0 Å². The van der Waals surface area contributed by atoms with Gasteiger partial charge in [-0.05, 0) is 12.8 Å². The van der Waals surface area contributed by atoms with Crippen molar-refractivity contribution < 1.29 is 25.7 Å². The number of hydrogen-bond acceptors (Lipinski definition) is 0. The molecule has 0 N–H and O–H groups in total. The summed E-state index contributed by atoms with van der Waals surface area (Å²) >= 11 is 0. The van der Waals surface area contributed by atoms with Gasteiger partial charge in [0.05, 0.1) is 0 Å². The van der Waals surface area contributed by atoms with Crippen molar-refractivity contribution in [3.63, 3.8) is 0 Å². The van der Waals surface area contributed by atoms with E-state index in [1.807, 2.05) is 0 Å². The molecule has 1 nitrogen and oxygen atoms in total. The maximum Gasteiger partial charge on any atom is 0 e. The Hall–Kier alpha value is -0.612. The minimum atomic E-state index is 0. The van der Waals surface area contributed by atoms with Crippen molar-refractivity contribution in [1.29, 1.82) is 0 Å². The predicted molar refractivity (Wildman–Crippen MR) is 49.7 cm³/mol. The van der Waals surface area contributed by atoms with E-state index >= 15 is 0 Å². The normalized spacial score (nSPS) is 13.7. The van der Waals surface area contributed by atoms with Crippen LogP contribution >= 0.6 is 0 Å². The first-order valence-electron chi connectivity index (χ1n) is 3.84. The number of allylic oxidation sites excluding steroid dienone is 8. The Morgan fingerprint density at radius 3 is 1.00 bits per heavy atom. The average Bonchev–Trinajstić information content (AvgIpc) is 2.87. The standard InChI is InChI=1S/2C5H6.CO.Mo/c2*1-2-4-5-3-1;1-2;/h2*1-4H,5H2;;. The van der Waals surface area contributed by atoms with Crippen LogP contribution in [0.15, 0.2) is 48.6 Å². The van der Waals surface area contributed by atoms with Gasteiger partial charge in [0, 0.05) is 21.1 Å². The Morgan fingerprint density at radius 2 is 0.923 bits per heavy atom. The minimum absolute atomic E-state index is 0. The molecule has 0 unspecified atom stereocenters. The van der Waals surface area contributed by atoms with Gasteiger partial charge in [-0.15, -0.1) is 0 Å². The molecule has 13 heavy (non-hydrogen) atoms. The van der Waals surface area contributed by atoms with E-state index < -0.39 is 0 Å². The molecule has 2 aliphatic rings. The minimum Gasteiger partial charge on any atom is 0 e. The summed E-state index contributed by atoms with van der Waals surface area (Å²) in [4.78, 5) is 0. The first-order chi connectivity index (χ1) is 6.00. The van der Waals surface area contributed by atoms with Gasteiger partial charge in [-0.3, -0.25) is 0 Å². The van der Waals surface area contributed by atoms with Crippen LogP contribution in [0.25, 0.3) is 0 Å². The molecule has 2 aliphatic carbocycles. The molecule has 0 radical (unpaired) electrons. The quantitative estimate of drug-likeness (QED) is 0.361. The molecule has 0 aromatic rings. The van der Waals surface area contributed by atoms with Crippen LogP contribution in [0.5, 0.6) is 0 Å². The van der Waals surface area contributed by atoms with Crippen molar-refractivity contribution in [3.05, 3.63) is 55.3 Å².